The number of hydrogen-bond acceptors (Lipinski definition) is 6. The highest BCUT2D eigenvalue weighted by Gasteiger charge is 2.11. The smallest absolute Gasteiger partial charge is 0.270 e. The predicted molar refractivity (Wildman–Crippen MR) is 122 cm³/mol. The van der Waals surface area contributed by atoms with Crippen molar-refractivity contribution in [2.24, 2.45) is 10.2 Å². The molecule has 7 nitrogen and oxygen atoms in total. The van der Waals surface area contributed by atoms with Gasteiger partial charge in [-0.25, -0.2) is 0 Å². The van der Waals surface area contributed by atoms with Crippen molar-refractivity contribution in [2.75, 3.05) is 0 Å². The summed E-state index contributed by atoms with van der Waals surface area (Å²) in [5, 5.41) is 31.4. The zero-order valence-corrected chi connectivity index (χ0v) is 17.4. The normalized spacial score (nSPS) is 11.8. The second-order valence-electron chi connectivity index (χ2n) is 6.79. The summed E-state index contributed by atoms with van der Waals surface area (Å²) in [6, 6.07) is 21.8. The number of aryl methyl sites for hydroxylation is 1. The van der Waals surface area contributed by atoms with Gasteiger partial charge in [-0.2, -0.15) is 5.10 Å². The quantitative estimate of drug-likeness (QED) is 0.272. The van der Waals surface area contributed by atoms with Gasteiger partial charge in [-0.1, -0.05) is 48.0 Å². The first-order valence-corrected chi connectivity index (χ1v) is 10.3. The van der Waals surface area contributed by atoms with Gasteiger partial charge in [0.25, 0.3) is 5.69 Å². The van der Waals surface area contributed by atoms with E-state index in [4.69, 9.17) is 0 Å². The minimum Gasteiger partial charge on any atom is -0.507 e. The van der Waals surface area contributed by atoms with E-state index in [1.54, 1.807) is 0 Å². The summed E-state index contributed by atoms with van der Waals surface area (Å²) < 4.78 is 2.00. The van der Waals surface area contributed by atoms with E-state index in [2.05, 4.69) is 34.5 Å². The molecular weight excluding hydrogens is 412 g/mol. The lowest BCUT2D eigenvalue weighted by atomic mass is 10.1. The minimum absolute atomic E-state index is 0.105. The first kappa shape index (κ1) is 20.2. The number of non-ortho nitro benzene ring substituents is 1. The lowest BCUT2D eigenvalue weighted by molar-refractivity contribution is -0.384. The lowest BCUT2D eigenvalue weighted by Crippen LogP contribution is -2.13. The van der Waals surface area contributed by atoms with E-state index in [0.29, 0.717) is 4.80 Å². The molecule has 0 saturated heterocycles. The van der Waals surface area contributed by atoms with Gasteiger partial charge in [0.2, 0.25) is 4.80 Å². The van der Waals surface area contributed by atoms with E-state index in [-0.39, 0.29) is 17.0 Å². The van der Waals surface area contributed by atoms with Crippen LogP contribution in [0.15, 0.2) is 88.4 Å². The van der Waals surface area contributed by atoms with Crippen molar-refractivity contribution in [1.82, 2.24) is 4.57 Å². The highest BCUT2D eigenvalue weighted by Crippen LogP contribution is 2.24. The van der Waals surface area contributed by atoms with Crippen LogP contribution in [0.5, 0.6) is 5.75 Å². The van der Waals surface area contributed by atoms with Crippen molar-refractivity contribution < 1.29 is 10.0 Å². The fraction of sp³-hybridized carbons (Fsp3) is 0.0435. The number of thiazole rings is 1. The Bertz CT molecular complexity index is 1320. The molecular formula is C23H18N4O3S. The van der Waals surface area contributed by atoms with Gasteiger partial charge in [-0.3, -0.25) is 14.7 Å². The molecule has 4 aromatic rings. The van der Waals surface area contributed by atoms with Gasteiger partial charge in [0.1, 0.15) is 5.75 Å². The van der Waals surface area contributed by atoms with Crippen molar-refractivity contribution in [3.8, 4) is 22.7 Å². The van der Waals surface area contributed by atoms with Crippen LogP contribution >= 0.6 is 11.3 Å². The van der Waals surface area contributed by atoms with Crippen LogP contribution < -0.4 is 4.80 Å². The minimum atomic E-state index is -0.523. The second-order valence-corrected chi connectivity index (χ2v) is 7.62. The maximum Gasteiger partial charge on any atom is 0.270 e. The number of para-hydroxylation sites is 1. The molecule has 4 rings (SSSR count). The summed E-state index contributed by atoms with van der Waals surface area (Å²) in [7, 11) is 0. The molecule has 154 valence electrons. The highest BCUT2D eigenvalue weighted by atomic mass is 32.1. The van der Waals surface area contributed by atoms with Gasteiger partial charge in [-0.05, 0) is 30.7 Å². The Morgan fingerprint density at radius 2 is 1.81 bits per heavy atom. The van der Waals surface area contributed by atoms with E-state index >= 15 is 0 Å². The maximum absolute atomic E-state index is 11.0. The second kappa shape index (κ2) is 8.76. The van der Waals surface area contributed by atoms with Crippen LogP contribution in [0, 0.1) is 17.0 Å². The molecule has 0 atom stereocenters. The standard InChI is InChI=1S/C23H18N4O3S/c1-16-7-9-17(10-8-16)21-15-31-23(26(21)19-5-3-2-4-6-19)25-24-14-18-13-20(27(29)30)11-12-22(18)28/h2-15,28H,1H3/b24-14+,25-23?. The average Bonchev–Trinajstić information content (AvgIpc) is 3.20. The number of rotatable bonds is 5. The van der Waals surface area contributed by atoms with Crippen LogP contribution in [-0.2, 0) is 0 Å². The Morgan fingerprint density at radius 3 is 2.52 bits per heavy atom. The molecule has 0 amide bonds. The predicted octanol–water partition coefficient (Wildman–Crippen LogP) is 5.06. The third-order valence-corrected chi connectivity index (χ3v) is 5.45. The van der Waals surface area contributed by atoms with Crippen molar-refractivity contribution in [3.63, 3.8) is 0 Å². The van der Waals surface area contributed by atoms with E-state index in [1.165, 1.54) is 41.3 Å². The number of aromatic hydroxyl groups is 1. The molecule has 1 N–H and O–H groups in total. The molecule has 0 unspecified atom stereocenters. The highest BCUT2D eigenvalue weighted by molar-refractivity contribution is 7.07. The number of phenols is 1. The van der Waals surface area contributed by atoms with Crippen LogP contribution in [-0.4, -0.2) is 20.8 Å². The number of hydrogen-bond donors (Lipinski definition) is 1. The largest absolute Gasteiger partial charge is 0.507 e. The molecule has 0 fully saturated rings. The SMILES string of the molecule is Cc1ccc(-c2csc(=N/N=C/c3cc([N+](=O)[O-])ccc3O)n2-c2ccccc2)cc1. The third-order valence-electron chi connectivity index (χ3n) is 4.63. The van der Waals surface area contributed by atoms with Crippen LogP contribution in [0.1, 0.15) is 11.1 Å². The molecule has 31 heavy (non-hydrogen) atoms. The van der Waals surface area contributed by atoms with E-state index < -0.39 is 4.92 Å². The molecule has 0 spiro atoms. The lowest BCUT2D eigenvalue weighted by Gasteiger charge is -2.09. The fourth-order valence-electron chi connectivity index (χ4n) is 3.03. The van der Waals surface area contributed by atoms with Crippen LogP contribution in [0.3, 0.4) is 0 Å². The van der Waals surface area contributed by atoms with Crippen molar-refractivity contribution in [2.45, 2.75) is 6.92 Å². The molecule has 3 aromatic carbocycles. The number of nitro groups is 1. The van der Waals surface area contributed by atoms with Gasteiger partial charge < -0.3 is 5.11 Å². The summed E-state index contributed by atoms with van der Waals surface area (Å²) in [6.07, 6.45) is 1.31. The Balaban J connectivity index is 1.79. The number of benzene rings is 3. The van der Waals surface area contributed by atoms with Gasteiger partial charge in [0.15, 0.2) is 0 Å². The zero-order chi connectivity index (χ0) is 21.8. The molecule has 8 heteroatoms. The van der Waals surface area contributed by atoms with Gasteiger partial charge in [0.05, 0.1) is 16.8 Å². The van der Waals surface area contributed by atoms with Crippen molar-refractivity contribution >= 4 is 23.2 Å². The Labute approximate surface area is 182 Å². The van der Waals surface area contributed by atoms with E-state index in [0.717, 1.165) is 16.9 Å². The molecule has 1 heterocycles. The molecule has 0 aliphatic heterocycles. The first-order valence-electron chi connectivity index (χ1n) is 9.40. The Kier molecular flexibility index (Phi) is 5.72. The van der Waals surface area contributed by atoms with E-state index in [1.807, 2.05) is 47.2 Å². The van der Waals surface area contributed by atoms with Gasteiger partial charge in [-0.15, -0.1) is 16.4 Å². The molecule has 0 aliphatic carbocycles. The molecule has 0 radical (unpaired) electrons. The number of aromatic nitrogens is 1. The number of nitrogens with zero attached hydrogens (tertiary/aromatic N) is 4. The van der Waals surface area contributed by atoms with Crippen LogP contribution in [0.4, 0.5) is 5.69 Å². The van der Waals surface area contributed by atoms with Crippen LogP contribution in [0.25, 0.3) is 16.9 Å². The third kappa shape index (κ3) is 4.44. The molecule has 0 bridgehead atoms. The maximum atomic E-state index is 11.0. The number of nitro benzene ring substituents is 1. The Morgan fingerprint density at radius 1 is 1.06 bits per heavy atom. The monoisotopic (exact) mass is 430 g/mol. The van der Waals surface area contributed by atoms with Crippen molar-refractivity contribution in [1.29, 1.82) is 0 Å². The Hall–Kier alpha value is -4.04. The topological polar surface area (TPSA) is 93.0 Å². The number of phenolic OH excluding ortho intramolecular Hbond substituents is 1. The van der Waals surface area contributed by atoms with E-state index in [9.17, 15) is 15.2 Å². The van der Waals surface area contributed by atoms with Gasteiger partial charge >= 0.3 is 0 Å². The first-order chi connectivity index (χ1) is 15.0. The molecule has 0 aliphatic rings. The summed E-state index contributed by atoms with van der Waals surface area (Å²) in [5.41, 5.74) is 4.23. The summed E-state index contributed by atoms with van der Waals surface area (Å²) in [5.74, 6) is -0.105. The van der Waals surface area contributed by atoms with Crippen LogP contribution in [0.2, 0.25) is 0 Å². The fourth-order valence-corrected chi connectivity index (χ4v) is 3.89. The summed E-state index contributed by atoms with van der Waals surface area (Å²) >= 11 is 1.43. The van der Waals surface area contributed by atoms with Crippen molar-refractivity contribution in [3.05, 3.63) is 104 Å². The average molecular weight is 430 g/mol. The van der Waals surface area contributed by atoms with Gasteiger partial charge in [0, 0.05) is 28.8 Å². The molecule has 0 saturated carbocycles. The summed E-state index contributed by atoms with van der Waals surface area (Å²) in [6.45, 7) is 2.04. The zero-order valence-electron chi connectivity index (χ0n) is 16.5. The molecule has 1 aromatic heterocycles. The summed E-state index contributed by atoms with van der Waals surface area (Å²) in [4.78, 5) is 11.1.